The van der Waals surface area contributed by atoms with Crippen LogP contribution in [0.4, 0.5) is 5.69 Å². The van der Waals surface area contributed by atoms with Gasteiger partial charge in [-0.25, -0.2) is 13.2 Å². The maximum Gasteiger partial charge on any atom is 0.335 e. The molecule has 0 unspecified atom stereocenters. The molecule has 160 valence electrons. The molecule has 0 aromatic heterocycles. The number of nitrogens with zero attached hydrogens (tertiary/aromatic N) is 1. The Bertz CT molecular complexity index is 812. The van der Waals surface area contributed by atoms with Crippen LogP contribution in [-0.2, 0) is 29.1 Å². The first kappa shape index (κ1) is 21.7. The molecule has 2 aliphatic rings. The maximum absolute atomic E-state index is 12.8. The van der Waals surface area contributed by atoms with Crippen molar-refractivity contribution < 1.29 is 27.5 Å². The predicted molar refractivity (Wildman–Crippen MR) is 107 cm³/mol. The van der Waals surface area contributed by atoms with Crippen molar-refractivity contribution >= 4 is 27.6 Å². The van der Waals surface area contributed by atoms with Crippen LogP contribution >= 0.6 is 0 Å². The SMILES string of the molecule is CN(C1CCCCC1)S(=O)(=O)c1ccc(NC(=O)COC(=O)[C@@H]2CCCO2)cc1. The lowest BCUT2D eigenvalue weighted by Crippen LogP contribution is -2.38. The van der Waals surface area contributed by atoms with E-state index in [4.69, 9.17) is 9.47 Å². The number of hydrogen-bond acceptors (Lipinski definition) is 6. The third kappa shape index (κ3) is 5.55. The van der Waals surface area contributed by atoms with E-state index in [1.807, 2.05) is 0 Å². The first-order valence-corrected chi connectivity index (χ1v) is 11.5. The van der Waals surface area contributed by atoms with Crippen LogP contribution in [0.15, 0.2) is 29.2 Å². The average molecular weight is 425 g/mol. The minimum Gasteiger partial charge on any atom is -0.454 e. The standard InChI is InChI=1S/C20H28N2O6S/c1-22(16-6-3-2-4-7-16)29(25,26)17-11-9-15(10-12-17)21-19(23)14-28-20(24)18-8-5-13-27-18/h9-12,16,18H,2-8,13-14H2,1H3,(H,21,23)/t18-/m0/s1. The fraction of sp³-hybridized carbons (Fsp3) is 0.600. The molecule has 0 bridgehead atoms. The smallest absolute Gasteiger partial charge is 0.335 e. The van der Waals surface area contributed by atoms with Gasteiger partial charge in [0.2, 0.25) is 10.0 Å². The highest BCUT2D eigenvalue weighted by atomic mass is 32.2. The molecule has 1 saturated carbocycles. The molecule has 1 saturated heterocycles. The number of carbonyl (C=O) groups excluding carboxylic acids is 2. The summed E-state index contributed by atoms with van der Waals surface area (Å²) in [5.41, 5.74) is 0.433. The van der Waals surface area contributed by atoms with E-state index >= 15 is 0 Å². The van der Waals surface area contributed by atoms with E-state index in [-0.39, 0.29) is 10.9 Å². The highest BCUT2D eigenvalue weighted by Crippen LogP contribution is 2.27. The number of ether oxygens (including phenoxy) is 2. The topological polar surface area (TPSA) is 102 Å². The number of benzene rings is 1. The number of nitrogens with one attached hydrogen (secondary N) is 1. The van der Waals surface area contributed by atoms with Crippen molar-refractivity contribution in [1.82, 2.24) is 4.31 Å². The molecule has 0 spiro atoms. The van der Waals surface area contributed by atoms with Gasteiger partial charge < -0.3 is 14.8 Å². The Labute approximate surface area is 171 Å². The summed E-state index contributed by atoms with van der Waals surface area (Å²) in [5.74, 6) is -1.03. The molecular weight excluding hydrogens is 396 g/mol. The number of esters is 1. The van der Waals surface area contributed by atoms with E-state index in [1.165, 1.54) is 28.6 Å². The summed E-state index contributed by atoms with van der Waals surface area (Å²) >= 11 is 0. The number of amides is 1. The van der Waals surface area contributed by atoms with Crippen molar-refractivity contribution in [2.24, 2.45) is 0 Å². The molecule has 1 atom stereocenters. The van der Waals surface area contributed by atoms with E-state index in [0.717, 1.165) is 38.5 Å². The lowest BCUT2D eigenvalue weighted by atomic mass is 9.96. The predicted octanol–water partition coefficient (Wildman–Crippen LogP) is 2.30. The molecule has 3 rings (SSSR count). The minimum absolute atomic E-state index is 0.0339. The zero-order valence-electron chi connectivity index (χ0n) is 16.6. The van der Waals surface area contributed by atoms with Gasteiger partial charge in [-0.1, -0.05) is 19.3 Å². The molecular formula is C20H28N2O6S. The molecule has 1 amide bonds. The number of rotatable bonds is 7. The second-order valence-electron chi connectivity index (χ2n) is 7.50. The Morgan fingerprint density at radius 2 is 1.79 bits per heavy atom. The van der Waals surface area contributed by atoms with Crippen LogP contribution < -0.4 is 5.32 Å². The van der Waals surface area contributed by atoms with Gasteiger partial charge in [-0.2, -0.15) is 4.31 Å². The highest BCUT2D eigenvalue weighted by Gasteiger charge is 2.29. The van der Waals surface area contributed by atoms with Crippen LogP contribution in [0.3, 0.4) is 0 Å². The molecule has 9 heteroatoms. The lowest BCUT2D eigenvalue weighted by molar-refractivity contribution is -0.156. The van der Waals surface area contributed by atoms with Gasteiger partial charge in [0.25, 0.3) is 5.91 Å². The normalized spacial score (nSPS) is 20.6. The highest BCUT2D eigenvalue weighted by molar-refractivity contribution is 7.89. The first-order valence-electron chi connectivity index (χ1n) is 10.0. The summed E-state index contributed by atoms with van der Waals surface area (Å²) < 4.78 is 37.3. The van der Waals surface area contributed by atoms with E-state index in [9.17, 15) is 18.0 Å². The molecule has 2 fully saturated rings. The average Bonchev–Trinajstić information content (AvgIpc) is 3.27. The molecule has 29 heavy (non-hydrogen) atoms. The number of anilines is 1. The quantitative estimate of drug-likeness (QED) is 0.674. The summed E-state index contributed by atoms with van der Waals surface area (Å²) in [6, 6.07) is 6.04. The summed E-state index contributed by atoms with van der Waals surface area (Å²) in [4.78, 5) is 23.9. The van der Waals surface area contributed by atoms with Crippen molar-refractivity contribution in [2.45, 2.75) is 62.0 Å². The van der Waals surface area contributed by atoms with Crippen LogP contribution in [0.5, 0.6) is 0 Å². The van der Waals surface area contributed by atoms with E-state index in [0.29, 0.717) is 18.7 Å². The molecule has 1 aliphatic heterocycles. The molecule has 1 aromatic carbocycles. The monoisotopic (exact) mass is 424 g/mol. The largest absolute Gasteiger partial charge is 0.454 e. The Morgan fingerprint density at radius 3 is 2.41 bits per heavy atom. The van der Waals surface area contributed by atoms with Crippen molar-refractivity contribution in [3.63, 3.8) is 0 Å². The Balaban J connectivity index is 1.53. The van der Waals surface area contributed by atoms with E-state index < -0.39 is 34.6 Å². The van der Waals surface area contributed by atoms with Gasteiger partial charge in [0.15, 0.2) is 12.7 Å². The van der Waals surface area contributed by atoms with Crippen LogP contribution in [0.1, 0.15) is 44.9 Å². The van der Waals surface area contributed by atoms with Crippen LogP contribution in [-0.4, -0.2) is 57.0 Å². The second-order valence-corrected chi connectivity index (χ2v) is 9.49. The van der Waals surface area contributed by atoms with Crippen molar-refractivity contribution in [2.75, 3.05) is 25.6 Å². The van der Waals surface area contributed by atoms with Crippen molar-refractivity contribution in [3.8, 4) is 0 Å². The second kappa shape index (κ2) is 9.69. The lowest BCUT2D eigenvalue weighted by Gasteiger charge is -2.30. The molecule has 1 aromatic rings. The van der Waals surface area contributed by atoms with Crippen molar-refractivity contribution in [1.29, 1.82) is 0 Å². The maximum atomic E-state index is 12.8. The molecule has 1 N–H and O–H groups in total. The van der Waals surface area contributed by atoms with Crippen LogP contribution in [0, 0.1) is 0 Å². The zero-order chi connectivity index (χ0) is 20.9. The van der Waals surface area contributed by atoms with Gasteiger partial charge in [0, 0.05) is 25.4 Å². The van der Waals surface area contributed by atoms with Gasteiger partial charge in [-0.3, -0.25) is 4.79 Å². The van der Waals surface area contributed by atoms with Crippen LogP contribution in [0.25, 0.3) is 0 Å². The fourth-order valence-corrected chi connectivity index (χ4v) is 5.12. The van der Waals surface area contributed by atoms with Gasteiger partial charge in [0.1, 0.15) is 0 Å². The number of sulfonamides is 1. The number of carbonyl (C=O) groups is 2. The van der Waals surface area contributed by atoms with Crippen LogP contribution in [0.2, 0.25) is 0 Å². The summed E-state index contributed by atoms with van der Waals surface area (Å²) in [6.45, 7) is 0.111. The fourth-order valence-electron chi connectivity index (χ4n) is 3.71. The van der Waals surface area contributed by atoms with Gasteiger partial charge in [0.05, 0.1) is 4.90 Å². The Kier molecular flexibility index (Phi) is 7.26. The third-order valence-corrected chi connectivity index (χ3v) is 7.37. The molecule has 8 nitrogen and oxygen atoms in total. The van der Waals surface area contributed by atoms with Crippen molar-refractivity contribution in [3.05, 3.63) is 24.3 Å². The zero-order valence-corrected chi connectivity index (χ0v) is 17.4. The number of hydrogen-bond donors (Lipinski definition) is 1. The molecule has 1 heterocycles. The summed E-state index contributed by atoms with van der Waals surface area (Å²) in [5, 5.41) is 2.59. The summed E-state index contributed by atoms with van der Waals surface area (Å²) in [7, 11) is -1.95. The summed E-state index contributed by atoms with van der Waals surface area (Å²) in [6.07, 6.45) is 5.83. The van der Waals surface area contributed by atoms with Gasteiger partial charge in [-0.15, -0.1) is 0 Å². The van der Waals surface area contributed by atoms with E-state index in [2.05, 4.69) is 5.32 Å². The molecule has 0 radical (unpaired) electrons. The van der Waals surface area contributed by atoms with Gasteiger partial charge >= 0.3 is 5.97 Å². The molecule has 1 aliphatic carbocycles. The minimum atomic E-state index is -3.58. The van der Waals surface area contributed by atoms with E-state index in [1.54, 1.807) is 7.05 Å². The third-order valence-electron chi connectivity index (χ3n) is 5.44. The Hall–Kier alpha value is -1.97. The van der Waals surface area contributed by atoms with Gasteiger partial charge in [-0.05, 0) is 49.9 Å². The Morgan fingerprint density at radius 1 is 1.10 bits per heavy atom. The first-order chi connectivity index (χ1) is 13.9.